The number of ether oxygens (including phenoxy) is 5. The number of nitrogens with one attached hydrogen (secondary N) is 1. The van der Waals surface area contributed by atoms with Crippen molar-refractivity contribution in [3.05, 3.63) is 35.4 Å². The van der Waals surface area contributed by atoms with Gasteiger partial charge in [-0.1, -0.05) is 20.8 Å². The molecule has 1 heterocycles. The highest BCUT2D eigenvalue weighted by Gasteiger charge is 2.31. The number of aromatic hydroxyl groups is 1. The summed E-state index contributed by atoms with van der Waals surface area (Å²) >= 11 is 0. The van der Waals surface area contributed by atoms with E-state index in [-0.39, 0.29) is 40.6 Å². The van der Waals surface area contributed by atoms with Gasteiger partial charge in [-0.05, 0) is 24.3 Å². The van der Waals surface area contributed by atoms with Crippen molar-refractivity contribution in [2.24, 2.45) is 11.1 Å². The Hall–Kier alpha value is -4.28. The highest BCUT2D eigenvalue weighted by atomic mass is 16.6. The van der Waals surface area contributed by atoms with E-state index in [1.807, 2.05) is 20.8 Å². The Bertz CT molecular complexity index is 1280. The molecule has 37 heavy (non-hydrogen) atoms. The van der Waals surface area contributed by atoms with Crippen molar-refractivity contribution in [2.75, 3.05) is 40.3 Å². The van der Waals surface area contributed by atoms with Crippen LogP contribution in [-0.4, -0.2) is 58.1 Å². The zero-order chi connectivity index (χ0) is 27.5. The van der Waals surface area contributed by atoms with Gasteiger partial charge in [-0.15, -0.1) is 0 Å². The molecule has 3 rings (SSSR count). The number of rotatable bonds is 10. The van der Waals surface area contributed by atoms with E-state index >= 15 is 0 Å². The van der Waals surface area contributed by atoms with Gasteiger partial charge in [0.2, 0.25) is 17.4 Å². The number of fused-ring (bicyclic) bond motifs is 1. The van der Waals surface area contributed by atoms with Gasteiger partial charge >= 0.3 is 6.09 Å². The van der Waals surface area contributed by atoms with Crippen LogP contribution in [0.15, 0.2) is 28.7 Å². The molecule has 2 aromatic carbocycles. The van der Waals surface area contributed by atoms with Gasteiger partial charge in [0.05, 0.1) is 40.5 Å². The molecule has 4 N–H and O–H groups in total. The van der Waals surface area contributed by atoms with Gasteiger partial charge in [-0.2, -0.15) is 0 Å². The Morgan fingerprint density at radius 2 is 1.59 bits per heavy atom. The Morgan fingerprint density at radius 3 is 2.08 bits per heavy atom. The first-order valence-corrected chi connectivity index (χ1v) is 11.3. The summed E-state index contributed by atoms with van der Waals surface area (Å²) in [5, 5.41) is 14.1. The summed E-state index contributed by atoms with van der Waals surface area (Å²) in [6, 6.07) is 6.17. The second-order valence-electron chi connectivity index (χ2n) is 9.21. The molecule has 1 unspecified atom stereocenters. The van der Waals surface area contributed by atoms with Crippen LogP contribution in [0.1, 0.15) is 36.7 Å². The number of carbonyl (C=O) groups is 2. The van der Waals surface area contributed by atoms with Gasteiger partial charge in [-0.25, -0.2) is 4.79 Å². The molecular formula is C26H32N2O9. The minimum absolute atomic E-state index is 0.0424. The van der Waals surface area contributed by atoms with E-state index in [1.54, 1.807) is 6.07 Å². The van der Waals surface area contributed by atoms with Crippen molar-refractivity contribution in [3.63, 3.8) is 0 Å². The minimum atomic E-state index is -0.928. The molecule has 0 fully saturated rings. The third kappa shape index (κ3) is 5.45. The molecule has 0 aliphatic heterocycles. The zero-order valence-corrected chi connectivity index (χ0v) is 21.9. The predicted molar refractivity (Wildman–Crippen MR) is 136 cm³/mol. The number of hydrogen-bond acceptors (Lipinski definition) is 10. The number of primary amides is 1. The summed E-state index contributed by atoms with van der Waals surface area (Å²) in [4.78, 5) is 25.4. The SMILES string of the molecule is COc1cc(C(=O)c2c(NCC(OC(N)=O)C(C)(C)C)oc3c(O)c(OC)ccc23)cc(OC)c1OC. The third-order valence-corrected chi connectivity index (χ3v) is 5.84. The fourth-order valence-corrected chi connectivity index (χ4v) is 3.85. The summed E-state index contributed by atoms with van der Waals surface area (Å²) in [6.45, 7) is 5.69. The number of methoxy groups -OCH3 is 4. The summed E-state index contributed by atoms with van der Waals surface area (Å²) in [7, 11) is 5.76. The van der Waals surface area contributed by atoms with Crippen LogP contribution in [0.4, 0.5) is 10.7 Å². The maximum atomic E-state index is 13.9. The molecule has 1 amide bonds. The smallest absolute Gasteiger partial charge is 0.404 e. The molecule has 11 nitrogen and oxygen atoms in total. The number of nitrogens with two attached hydrogens (primary N) is 1. The summed E-state index contributed by atoms with van der Waals surface area (Å²) in [6.07, 6.45) is -1.59. The van der Waals surface area contributed by atoms with Crippen LogP contribution in [0, 0.1) is 5.41 Å². The summed E-state index contributed by atoms with van der Waals surface area (Å²) in [5.74, 6) is 0.417. The maximum Gasteiger partial charge on any atom is 0.404 e. The standard InChI is InChI=1S/C26H32N2O9/c1-26(2,3)18(36-25(27)31)12-28-24-19(14-8-9-15(32-4)21(30)22(14)37-24)20(29)13-10-16(33-5)23(35-7)17(11-13)34-6/h8-11,18,28,30H,12H2,1-7H3,(H2,27,31). The highest BCUT2D eigenvalue weighted by molar-refractivity contribution is 6.20. The predicted octanol–water partition coefficient (Wildman–Crippen LogP) is 4.33. The van der Waals surface area contributed by atoms with Gasteiger partial charge < -0.3 is 44.3 Å². The number of benzene rings is 2. The summed E-state index contributed by atoms with van der Waals surface area (Å²) in [5.41, 5.74) is 5.17. The average Bonchev–Trinajstić information content (AvgIpc) is 3.23. The van der Waals surface area contributed by atoms with Crippen molar-refractivity contribution in [1.29, 1.82) is 0 Å². The highest BCUT2D eigenvalue weighted by Crippen LogP contribution is 2.43. The van der Waals surface area contributed by atoms with Crippen molar-refractivity contribution in [2.45, 2.75) is 26.9 Å². The number of amides is 1. The van der Waals surface area contributed by atoms with Crippen LogP contribution >= 0.6 is 0 Å². The van der Waals surface area contributed by atoms with E-state index < -0.39 is 23.4 Å². The lowest BCUT2D eigenvalue weighted by Gasteiger charge is -2.29. The molecule has 3 aromatic rings. The van der Waals surface area contributed by atoms with Crippen LogP contribution in [0.2, 0.25) is 0 Å². The lowest BCUT2D eigenvalue weighted by atomic mass is 9.89. The van der Waals surface area contributed by atoms with E-state index in [0.29, 0.717) is 22.6 Å². The molecule has 1 atom stereocenters. The molecule has 1 aromatic heterocycles. The summed E-state index contributed by atoms with van der Waals surface area (Å²) < 4.78 is 32.5. The first kappa shape index (κ1) is 27.3. The molecule has 0 bridgehead atoms. The van der Waals surface area contributed by atoms with E-state index in [2.05, 4.69) is 5.32 Å². The first-order chi connectivity index (χ1) is 17.5. The second-order valence-corrected chi connectivity index (χ2v) is 9.21. The van der Waals surface area contributed by atoms with E-state index in [4.69, 9.17) is 33.8 Å². The number of hydrogen-bond donors (Lipinski definition) is 3. The van der Waals surface area contributed by atoms with Crippen LogP contribution in [0.3, 0.4) is 0 Å². The van der Waals surface area contributed by atoms with Crippen LogP contribution in [0.25, 0.3) is 11.0 Å². The Balaban J connectivity index is 2.17. The van der Waals surface area contributed by atoms with Crippen molar-refractivity contribution < 1.29 is 42.8 Å². The molecular weight excluding hydrogens is 484 g/mol. The lowest BCUT2D eigenvalue weighted by molar-refractivity contribution is 0.0455. The minimum Gasteiger partial charge on any atom is -0.502 e. The molecule has 0 radical (unpaired) electrons. The van der Waals surface area contributed by atoms with Crippen molar-refractivity contribution in [1.82, 2.24) is 0 Å². The molecule has 0 aliphatic carbocycles. The van der Waals surface area contributed by atoms with Gasteiger partial charge in [0, 0.05) is 16.4 Å². The zero-order valence-electron chi connectivity index (χ0n) is 21.9. The van der Waals surface area contributed by atoms with Gasteiger partial charge in [-0.3, -0.25) is 4.79 Å². The average molecular weight is 517 g/mol. The topological polar surface area (TPSA) is 152 Å². The number of carbonyl (C=O) groups excluding carboxylic acids is 2. The van der Waals surface area contributed by atoms with E-state index in [1.165, 1.54) is 46.6 Å². The number of phenolic OH excluding ortho intramolecular Hbond substituents is 1. The van der Waals surface area contributed by atoms with Gasteiger partial charge in [0.15, 0.2) is 28.6 Å². The third-order valence-electron chi connectivity index (χ3n) is 5.84. The first-order valence-electron chi connectivity index (χ1n) is 11.3. The number of furan rings is 1. The van der Waals surface area contributed by atoms with Crippen LogP contribution in [0.5, 0.6) is 28.7 Å². The quantitative estimate of drug-likeness (QED) is 0.332. The van der Waals surface area contributed by atoms with Crippen molar-refractivity contribution in [3.8, 4) is 28.7 Å². The van der Waals surface area contributed by atoms with Crippen LogP contribution in [-0.2, 0) is 4.74 Å². The molecule has 200 valence electrons. The largest absolute Gasteiger partial charge is 0.502 e. The monoisotopic (exact) mass is 516 g/mol. The van der Waals surface area contributed by atoms with Crippen molar-refractivity contribution >= 4 is 28.7 Å². The fraction of sp³-hybridized carbons (Fsp3) is 0.385. The normalized spacial score (nSPS) is 12.1. The molecule has 11 heteroatoms. The molecule has 0 aliphatic rings. The Morgan fingerprint density at radius 1 is 1.00 bits per heavy atom. The van der Waals surface area contributed by atoms with E-state index in [9.17, 15) is 14.7 Å². The maximum absolute atomic E-state index is 13.9. The number of anilines is 1. The van der Waals surface area contributed by atoms with Gasteiger partial charge in [0.25, 0.3) is 0 Å². The number of ketones is 1. The fourth-order valence-electron chi connectivity index (χ4n) is 3.85. The second kappa shape index (κ2) is 10.8. The Kier molecular flexibility index (Phi) is 7.95. The van der Waals surface area contributed by atoms with Crippen LogP contribution < -0.4 is 30.0 Å². The van der Waals surface area contributed by atoms with Gasteiger partial charge in [0.1, 0.15) is 6.10 Å². The Labute approximate surface area is 214 Å². The molecule has 0 saturated heterocycles. The number of phenols is 1. The molecule has 0 saturated carbocycles. The van der Waals surface area contributed by atoms with E-state index in [0.717, 1.165) is 0 Å². The molecule has 0 spiro atoms. The lowest BCUT2D eigenvalue weighted by Crippen LogP contribution is -2.39.